The molecular weight excluding hydrogens is 330 g/mol. The van der Waals surface area contributed by atoms with Crippen LogP contribution in [0.3, 0.4) is 0 Å². The van der Waals surface area contributed by atoms with Gasteiger partial charge in [-0.05, 0) is 46.5 Å². The number of tetrazole rings is 1. The SMILES string of the molecule is CCc1cccc(CC)c1NC(=O)COc1cccc(-n2cnnn2)c1. The monoisotopic (exact) mass is 351 g/mol. The fraction of sp³-hybridized carbons (Fsp3) is 0.263. The minimum Gasteiger partial charge on any atom is -0.484 e. The summed E-state index contributed by atoms with van der Waals surface area (Å²) >= 11 is 0. The van der Waals surface area contributed by atoms with Crippen LogP contribution in [-0.4, -0.2) is 32.7 Å². The van der Waals surface area contributed by atoms with Crippen molar-refractivity contribution < 1.29 is 9.53 Å². The second kappa shape index (κ2) is 8.24. The summed E-state index contributed by atoms with van der Waals surface area (Å²) in [5.41, 5.74) is 3.91. The van der Waals surface area contributed by atoms with Gasteiger partial charge < -0.3 is 10.1 Å². The quantitative estimate of drug-likeness (QED) is 0.708. The lowest BCUT2D eigenvalue weighted by Crippen LogP contribution is -2.21. The number of anilines is 1. The van der Waals surface area contributed by atoms with E-state index in [0.717, 1.165) is 35.3 Å². The second-order valence-electron chi connectivity index (χ2n) is 5.75. The van der Waals surface area contributed by atoms with Crippen LogP contribution >= 0.6 is 0 Å². The summed E-state index contributed by atoms with van der Waals surface area (Å²) in [6.45, 7) is 4.08. The third-order valence-electron chi connectivity index (χ3n) is 4.06. The molecule has 0 bridgehead atoms. The fourth-order valence-electron chi connectivity index (χ4n) is 2.72. The topological polar surface area (TPSA) is 81.9 Å². The molecule has 7 nitrogen and oxygen atoms in total. The standard InChI is InChI=1S/C19H21N5O2/c1-3-14-7-5-8-15(4-2)19(14)21-18(25)12-26-17-10-6-9-16(11-17)24-13-20-22-23-24/h5-11,13H,3-4,12H2,1-2H3,(H,21,25). The molecule has 134 valence electrons. The number of ether oxygens (including phenoxy) is 1. The molecular formula is C19H21N5O2. The number of rotatable bonds is 7. The van der Waals surface area contributed by atoms with Crippen LogP contribution in [-0.2, 0) is 17.6 Å². The van der Waals surface area contributed by atoms with E-state index < -0.39 is 0 Å². The van der Waals surface area contributed by atoms with Gasteiger partial charge in [0.05, 0.1) is 5.69 Å². The minimum atomic E-state index is -0.187. The highest BCUT2D eigenvalue weighted by atomic mass is 16.5. The molecule has 3 rings (SSSR count). The first-order valence-electron chi connectivity index (χ1n) is 8.58. The van der Waals surface area contributed by atoms with Gasteiger partial charge in [0.2, 0.25) is 0 Å². The zero-order chi connectivity index (χ0) is 18.4. The van der Waals surface area contributed by atoms with Gasteiger partial charge in [-0.25, -0.2) is 4.68 Å². The summed E-state index contributed by atoms with van der Waals surface area (Å²) in [6.07, 6.45) is 3.22. The van der Waals surface area contributed by atoms with Crippen LogP contribution in [0.5, 0.6) is 5.75 Å². The number of nitrogens with zero attached hydrogens (tertiary/aromatic N) is 4. The zero-order valence-electron chi connectivity index (χ0n) is 14.8. The normalized spacial score (nSPS) is 10.5. The molecule has 1 heterocycles. The Bertz CT molecular complexity index is 855. The lowest BCUT2D eigenvalue weighted by atomic mass is 10.0. The molecule has 0 saturated carbocycles. The number of aromatic nitrogens is 4. The van der Waals surface area contributed by atoms with Crippen molar-refractivity contribution in [3.05, 3.63) is 59.9 Å². The molecule has 1 N–H and O–H groups in total. The van der Waals surface area contributed by atoms with Crippen molar-refractivity contribution in [1.29, 1.82) is 0 Å². The zero-order valence-corrected chi connectivity index (χ0v) is 14.8. The lowest BCUT2D eigenvalue weighted by Gasteiger charge is -2.15. The summed E-state index contributed by atoms with van der Waals surface area (Å²) < 4.78 is 7.16. The Labute approximate surface area is 152 Å². The number of hydrogen-bond acceptors (Lipinski definition) is 5. The molecule has 0 saturated heterocycles. The van der Waals surface area contributed by atoms with Gasteiger partial charge in [-0.2, -0.15) is 0 Å². The number of aryl methyl sites for hydroxylation is 2. The van der Waals surface area contributed by atoms with Crippen LogP contribution in [0.2, 0.25) is 0 Å². The highest BCUT2D eigenvalue weighted by Gasteiger charge is 2.11. The van der Waals surface area contributed by atoms with Crippen molar-refractivity contribution >= 4 is 11.6 Å². The third-order valence-corrected chi connectivity index (χ3v) is 4.06. The molecule has 0 fully saturated rings. The Morgan fingerprint density at radius 2 is 1.85 bits per heavy atom. The van der Waals surface area contributed by atoms with E-state index in [0.29, 0.717) is 5.75 Å². The fourth-order valence-corrected chi connectivity index (χ4v) is 2.72. The number of benzene rings is 2. The summed E-state index contributed by atoms with van der Waals surface area (Å²) in [7, 11) is 0. The molecule has 0 aliphatic carbocycles. The predicted molar refractivity (Wildman–Crippen MR) is 98.5 cm³/mol. The Morgan fingerprint density at radius 1 is 1.12 bits per heavy atom. The van der Waals surface area contributed by atoms with Crippen molar-refractivity contribution in [3.63, 3.8) is 0 Å². The van der Waals surface area contributed by atoms with E-state index in [2.05, 4.69) is 34.7 Å². The number of para-hydroxylation sites is 1. The first kappa shape index (κ1) is 17.6. The molecule has 7 heteroatoms. The predicted octanol–water partition coefficient (Wildman–Crippen LogP) is 2.80. The molecule has 0 spiro atoms. The Balaban J connectivity index is 1.66. The molecule has 1 amide bonds. The van der Waals surface area contributed by atoms with E-state index in [-0.39, 0.29) is 12.5 Å². The van der Waals surface area contributed by atoms with Gasteiger partial charge in [0.25, 0.3) is 5.91 Å². The number of carbonyl (C=O) groups excluding carboxylic acids is 1. The molecule has 0 aliphatic heterocycles. The van der Waals surface area contributed by atoms with E-state index in [1.165, 1.54) is 11.0 Å². The molecule has 1 aromatic heterocycles. The average molecular weight is 351 g/mol. The van der Waals surface area contributed by atoms with Gasteiger partial charge in [0.1, 0.15) is 12.1 Å². The number of hydrogen-bond donors (Lipinski definition) is 1. The molecule has 0 unspecified atom stereocenters. The van der Waals surface area contributed by atoms with Crippen molar-refractivity contribution in [2.45, 2.75) is 26.7 Å². The third kappa shape index (κ3) is 4.05. The lowest BCUT2D eigenvalue weighted by molar-refractivity contribution is -0.118. The Hall–Kier alpha value is -3.22. The smallest absolute Gasteiger partial charge is 0.262 e. The maximum absolute atomic E-state index is 12.4. The van der Waals surface area contributed by atoms with Gasteiger partial charge in [-0.3, -0.25) is 4.79 Å². The first-order valence-corrected chi connectivity index (χ1v) is 8.58. The highest BCUT2D eigenvalue weighted by Crippen LogP contribution is 2.22. The van der Waals surface area contributed by atoms with Gasteiger partial charge >= 0.3 is 0 Å². The molecule has 2 aromatic carbocycles. The maximum Gasteiger partial charge on any atom is 0.262 e. The van der Waals surface area contributed by atoms with E-state index in [1.807, 2.05) is 30.3 Å². The highest BCUT2D eigenvalue weighted by molar-refractivity contribution is 5.93. The van der Waals surface area contributed by atoms with Crippen molar-refractivity contribution in [3.8, 4) is 11.4 Å². The number of nitrogens with one attached hydrogen (secondary N) is 1. The molecule has 26 heavy (non-hydrogen) atoms. The van der Waals surface area contributed by atoms with Crippen LogP contribution < -0.4 is 10.1 Å². The maximum atomic E-state index is 12.4. The Morgan fingerprint density at radius 3 is 2.50 bits per heavy atom. The first-order chi connectivity index (χ1) is 12.7. The minimum absolute atomic E-state index is 0.0692. The van der Waals surface area contributed by atoms with E-state index in [4.69, 9.17) is 4.74 Å². The molecule has 0 radical (unpaired) electrons. The van der Waals surface area contributed by atoms with Crippen molar-refractivity contribution in [1.82, 2.24) is 20.2 Å². The molecule has 0 aliphatic rings. The van der Waals surface area contributed by atoms with Crippen molar-refractivity contribution in [2.75, 3.05) is 11.9 Å². The van der Waals surface area contributed by atoms with Crippen LogP contribution in [0.25, 0.3) is 5.69 Å². The van der Waals surface area contributed by atoms with Gasteiger partial charge in [-0.1, -0.05) is 38.1 Å². The number of carbonyl (C=O) groups is 1. The average Bonchev–Trinajstić information content (AvgIpc) is 3.21. The van der Waals surface area contributed by atoms with E-state index >= 15 is 0 Å². The van der Waals surface area contributed by atoms with Crippen LogP contribution in [0, 0.1) is 0 Å². The van der Waals surface area contributed by atoms with Crippen LogP contribution in [0.4, 0.5) is 5.69 Å². The van der Waals surface area contributed by atoms with Crippen molar-refractivity contribution in [2.24, 2.45) is 0 Å². The van der Waals surface area contributed by atoms with Gasteiger partial charge in [-0.15, -0.1) is 5.10 Å². The van der Waals surface area contributed by atoms with Gasteiger partial charge in [0, 0.05) is 11.8 Å². The largest absolute Gasteiger partial charge is 0.484 e. The van der Waals surface area contributed by atoms with Crippen LogP contribution in [0.15, 0.2) is 48.8 Å². The van der Waals surface area contributed by atoms with Crippen LogP contribution in [0.1, 0.15) is 25.0 Å². The van der Waals surface area contributed by atoms with E-state index in [1.54, 1.807) is 12.1 Å². The summed E-state index contributed by atoms with van der Waals surface area (Å²) in [5.74, 6) is 0.390. The summed E-state index contributed by atoms with van der Waals surface area (Å²) in [6, 6.07) is 13.3. The van der Waals surface area contributed by atoms with E-state index in [9.17, 15) is 4.79 Å². The summed E-state index contributed by atoms with van der Waals surface area (Å²) in [4.78, 5) is 12.4. The number of amides is 1. The molecule has 3 aromatic rings. The second-order valence-corrected chi connectivity index (χ2v) is 5.75. The molecule has 0 atom stereocenters. The Kier molecular flexibility index (Phi) is 5.58. The van der Waals surface area contributed by atoms with Gasteiger partial charge in [0.15, 0.2) is 6.61 Å². The summed E-state index contributed by atoms with van der Waals surface area (Å²) in [5, 5.41) is 14.0.